The first-order valence-electron chi connectivity index (χ1n) is 5.99. The van der Waals surface area contributed by atoms with Crippen molar-refractivity contribution in [2.45, 2.75) is 45.1 Å². The van der Waals surface area contributed by atoms with Crippen LogP contribution in [0.1, 0.15) is 45.3 Å². The van der Waals surface area contributed by atoms with Crippen LogP contribution in [0.5, 0.6) is 0 Å². The van der Waals surface area contributed by atoms with Gasteiger partial charge < -0.3 is 9.52 Å². The van der Waals surface area contributed by atoms with Crippen molar-refractivity contribution in [3.8, 4) is 0 Å². The molecule has 0 saturated heterocycles. The summed E-state index contributed by atoms with van der Waals surface area (Å²) >= 11 is 3.44. The highest BCUT2D eigenvalue weighted by Gasteiger charge is 2.40. The van der Waals surface area contributed by atoms with E-state index in [-0.39, 0.29) is 0 Å². The number of rotatable bonds is 2. The Morgan fingerprint density at radius 1 is 1.56 bits per heavy atom. The average Bonchev–Trinajstić information content (AvgIpc) is 2.65. The van der Waals surface area contributed by atoms with Gasteiger partial charge in [-0.1, -0.05) is 13.8 Å². The zero-order chi connectivity index (χ0) is 11.8. The third kappa shape index (κ3) is 2.21. The van der Waals surface area contributed by atoms with Gasteiger partial charge in [0, 0.05) is 0 Å². The SMILES string of the molecule is CC(C)C1CCCC(O)(c2occc2Br)C1. The molecule has 2 unspecified atom stereocenters. The molecule has 1 heterocycles. The van der Waals surface area contributed by atoms with E-state index in [1.165, 1.54) is 6.42 Å². The molecule has 1 fully saturated rings. The van der Waals surface area contributed by atoms with Gasteiger partial charge in [-0.3, -0.25) is 0 Å². The topological polar surface area (TPSA) is 33.4 Å². The van der Waals surface area contributed by atoms with Crippen molar-refractivity contribution >= 4 is 15.9 Å². The third-order valence-electron chi connectivity index (χ3n) is 3.75. The van der Waals surface area contributed by atoms with Crippen LogP contribution in [0, 0.1) is 11.8 Å². The lowest BCUT2D eigenvalue weighted by Crippen LogP contribution is -2.34. The maximum Gasteiger partial charge on any atom is 0.149 e. The second kappa shape index (κ2) is 4.53. The number of hydrogen-bond donors (Lipinski definition) is 1. The average molecular weight is 287 g/mol. The van der Waals surface area contributed by atoms with Crippen molar-refractivity contribution in [3.63, 3.8) is 0 Å². The van der Waals surface area contributed by atoms with Gasteiger partial charge in [-0.15, -0.1) is 0 Å². The Morgan fingerprint density at radius 2 is 2.31 bits per heavy atom. The summed E-state index contributed by atoms with van der Waals surface area (Å²) in [6, 6.07) is 1.85. The molecule has 0 amide bonds. The highest BCUT2D eigenvalue weighted by molar-refractivity contribution is 9.10. The summed E-state index contributed by atoms with van der Waals surface area (Å²) < 4.78 is 6.33. The Kier molecular flexibility index (Phi) is 3.45. The quantitative estimate of drug-likeness (QED) is 0.889. The smallest absolute Gasteiger partial charge is 0.149 e. The van der Waals surface area contributed by atoms with Crippen LogP contribution in [-0.2, 0) is 5.60 Å². The number of aliphatic hydroxyl groups is 1. The molecular weight excluding hydrogens is 268 g/mol. The molecule has 1 saturated carbocycles. The van der Waals surface area contributed by atoms with E-state index in [0.29, 0.717) is 17.6 Å². The number of hydrogen-bond acceptors (Lipinski definition) is 2. The number of furan rings is 1. The molecule has 2 nitrogen and oxygen atoms in total. The first kappa shape index (κ1) is 12.2. The summed E-state index contributed by atoms with van der Waals surface area (Å²) in [5.41, 5.74) is -0.768. The predicted octanol–water partition coefficient (Wildman–Crippen LogP) is 4.08. The molecule has 0 aliphatic heterocycles. The maximum atomic E-state index is 10.7. The van der Waals surface area contributed by atoms with Gasteiger partial charge in [-0.25, -0.2) is 0 Å². The lowest BCUT2D eigenvalue weighted by molar-refractivity contribution is -0.0467. The van der Waals surface area contributed by atoms with Crippen molar-refractivity contribution < 1.29 is 9.52 Å². The summed E-state index contributed by atoms with van der Waals surface area (Å²) in [5.74, 6) is 1.93. The minimum atomic E-state index is -0.768. The lowest BCUT2D eigenvalue weighted by Gasteiger charge is -2.37. The van der Waals surface area contributed by atoms with E-state index in [1.54, 1.807) is 6.26 Å². The number of halogens is 1. The van der Waals surface area contributed by atoms with Crippen LogP contribution in [0.2, 0.25) is 0 Å². The highest BCUT2D eigenvalue weighted by Crippen LogP contribution is 2.44. The fraction of sp³-hybridized carbons (Fsp3) is 0.692. The van der Waals surface area contributed by atoms with Crippen LogP contribution in [0.15, 0.2) is 21.2 Å². The first-order valence-corrected chi connectivity index (χ1v) is 6.78. The van der Waals surface area contributed by atoms with Crippen LogP contribution in [-0.4, -0.2) is 5.11 Å². The first-order chi connectivity index (χ1) is 7.53. The maximum absolute atomic E-state index is 10.7. The Morgan fingerprint density at radius 3 is 2.88 bits per heavy atom. The summed E-state index contributed by atoms with van der Waals surface area (Å²) in [6.45, 7) is 4.46. The van der Waals surface area contributed by atoms with Gasteiger partial charge in [-0.05, 0) is 59.5 Å². The van der Waals surface area contributed by atoms with Gasteiger partial charge in [0.25, 0.3) is 0 Å². The molecule has 1 aromatic rings. The molecule has 0 aromatic carbocycles. The molecular formula is C13H19BrO2. The summed E-state index contributed by atoms with van der Waals surface area (Å²) in [5, 5.41) is 10.7. The van der Waals surface area contributed by atoms with E-state index in [2.05, 4.69) is 29.8 Å². The van der Waals surface area contributed by atoms with Crippen LogP contribution in [0.4, 0.5) is 0 Å². The molecule has 0 bridgehead atoms. The fourth-order valence-electron chi connectivity index (χ4n) is 2.70. The Hall–Kier alpha value is -0.280. The Bertz CT molecular complexity index is 359. The van der Waals surface area contributed by atoms with E-state index >= 15 is 0 Å². The van der Waals surface area contributed by atoms with Gasteiger partial charge in [-0.2, -0.15) is 0 Å². The summed E-state index contributed by atoms with van der Waals surface area (Å²) in [4.78, 5) is 0. The molecule has 2 rings (SSSR count). The minimum absolute atomic E-state index is 0.593. The fourth-order valence-corrected chi connectivity index (χ4v) is 3.27. The van der Waals surface area contributed by atoms with Gasteiger partial charge in [0.05, 0.1) is 10.7 Å². The van der Waals surface area contributed by atoms with E-state index in [4.69, 9.17) is 4.42 Å². The Balaban J connectivity index is 2.22. The normalized spacial score (nSPS) is 30.9. The largest absolute Gasteiger partial charge is 0.465 e. The summed E-state index contributed by atoms with van der Waals surface area (Å²) in [7, 11) is 0. The van der Waals surface area contributed by atoms with Crippen LogP contribution < -0.4 is 0 Å². The highest BCUT2D eigenvalue weighted by atomic mass is 79.9. The van der Waals surface area contributed by atoms with E-state index in [0.717, 1.165) is 23.7 Å². The predicted molar refractivity (Wildman–Crippen MR) is 67.1 cm³/mol. The second-order valence-electron chi connectivity index (χ2n) is 5.23. The third-order valence-corrected chi connectivity index (χ3v) is 4.37. The van der Waals surface area contributed by atoms with Gasteiger partial charge in [0.1, 0.15) is 11.4 Å². The van der Waals surface area contributed by atoms with Crippen molar-refractivity contribution in [3.05, 3.63) is 22.6 Å². The van der Waals surface area contributed by atoms with Gasteiger partial charge in [0.2, 0.25) is 0 Å². The van der Waals surface area contributed by atoms with Crippen molar-refractivity contribution in [2.75, 3.05) is 0 Å². The molecule has 1 N–H and O–H groups in total. The molecule has 16 heavy (non-hydrogen) atoms. The zero-order valence-corrected chi connectivity index (χ0v) is 11.5. The van der Waals surface area contributed by atoms with E-state index in [9.17, 15) is 5.11 Å². The Labute approximate surface area is 105 Å². The van der Waals surface area contributed by atoms with Crippen LogP contribution >= 0.6 is 15.9 Å². The second-order valence-corrected chi connectivity index (χ2v) is 6.08. The van der Waals surface area contributed by atoms with Crippen LogP contribution in [0.25, 0.3) is 0 Å². The molecule has 90 valence electrons. The molecule has 3 heteroatoms. The standard InChI is InChI=1S/C13H19BrO2/c1-9(2)10-4-3-6-13(15,8-10)12-11(14)5-7-16-12/h5,7,9-10,15H,3-4,6,8H2,1-2H3. The molecule has 1 aliphatic carbocycles. The van der Waals surface area contributed by atoms with Gasteiger partial charge in [0.15, 0.2) is 0 Å². The van der Waals surface area contributed by atoms with Crippen molar-refractivity contribution in [1.82, 2.24) is 0 Å². The molecule has 1 aliphatic rings. The zero-order valence-electron chi connectivity index (χ0n) is 9.87. The van der Waals surface area contributed by atoms with Crippen LogP contribution in [0.3, 0.4) is 0 Å². The molecule has 0 spiro atoms. The molecule has 1 aromatic heterocycles. The van der Waals surface area contributed by atoms with Gasteiger partial charge >= 0.3 is 0 Å². The minimum Gasteiger partial charge on any atom is -0.465 e. The summed E-state index contributed by atoms with van der Waals surface area (Å²) in [6.07, 6.45) is 5.56. The molecule has 0 radical (unpaired) electrons. The van der Waals surface area contributed by atoms with Crippen molar-refractivity contribution in [1.29, 1.82) is 0 Å². The van der Waals surface area contributed by atoms with E-state index < -0.39 is 5.60 Å². The lowest BCUT2D eigenvalue weighted by atomic mass is 9.73. The van der Waals surface area contributed by atoms with E-state index in [1.807, 2.05) is 6.07 Å². The monoisotopic (exact) mass is 286 g/mol. The van der Waals surface area contributed by atoms with Crippen molar-refractivity contribution in [2.24, 2.45) is 11.8 Å². The molecule has 2 atom stereocenters.